The molecule has 4 atom stereocenters. The fourth-order valence-corrected chi connectivity index (χ4v) is 2.87. The van der Waals surface area contributed by atoms with E-state index in [1.165, 1.54) is 0 Å². The Morgan fingerprint density at radius 2 is 1.77 bits per heavy atom. The highest BCUT2D eigenvalue weighted by atomic mass is 32.2. The molecule has 0 aliphatic rings. The average Bonchev–Trinajstić information content (AvgIpc) is 2.14. The van der Waals surface area contributed by atoms with Crippen molar-refractivity contribution in [1.82, 2.24) is 5.32 Å². The van der Waals surface area contributed by atoms with Crippen LogP contribution in [0.2, 0.25) is 0 Å². The average molecular weight is 205 g/mol. The lowest BCUT2D eigenvalue weighted by Gasteiger charge is -2.19. The molecule has 0 fully saturated rings. The summed E-state index contributed by atoms with van der Waals surface area (Å²) >= 11 is 0. The number of hydrogen-bond donors (Lipinski definition) is 1. The third-order valence-electron chi connectivity index (χ3n) is 2.55. The predicted molar refractivity (Wildman–Crippen MR) is 60.5 cm³/mol. The van der Waals surface area contributed by atoms with Gasteiger partial charge in [0.2, 0.25) is 0 Å². The van der Waals surface area contributed by atoms with Crippen molar-refractivity contribution in [2.45, 2.75) is 57.1 Å². The highest BCUT2D eigenvalue weighted by molar-refractivity contribution is 7.86. The molecule has 0 amide bonds. The Morgan fingerprint density at radius 1 is 1.23 bits per heavy atom. The SMILES string of the molecule is CCC(C)S(=O)C(C)CC(C)NC. The Kier molecular flexibility index (Phi) is 6.60. The van der Waals surface area contributed by atoms with Crippen LogP contribution in [0, 0.1) is 0 Å². The van der Waals surface area contributed by atoms with Crippen LogP contribution < -0.4 is 5.32 Å². The summed E-state index contributed by atoms with van der Waals surface area (Å²) in [4.78, 5) is 0. The highest BCUT2D eigenvalue weighted by Gasteiger charge is 2.18. The zero-order valence-electron chi connectivity index (χ0n) is 9.46. The molecule has 80 valence electrons. The van der Waals surface area contributed by atoms with Gasteiger partial charge in [0.25, 0.3) is 0 Å². The molecule has 4 unspecified atom stereocenters. The molecule has 0 spiro atoms. The van der Waals surface area contributed by atoms with Gasteiger partial charge in [0.15, 0.2) is 0 Å². The summed E-state index contributed by atoms with van der Waals surface area (Å²) in [5.74, 6) is 0. The molecule has 2 nitrogen and oxygen atoms in total. The van der Waals surface area contributed by atoms with E-state index in [-0.39, 0.29) is 0 Å². The van der Waals surface area contributed by atoms with Crippen molar-refractivity contribution in [1.29, 1.82) is 0 Å². The zero-order chi connectivity index (χ0) is 10.4. The third kappa shape index (κ3) is 4.77. The minimum atomic E-state index is -0.672. The maximum absolute atomic E-state index is 11.8. The van der Waals surface area contributed by atoms with Crippen molar-refractivity contribution in [3.8, 4) is 0 Å². The molecule has 13 heavy (non-hydrogen) atoms. The van der Waals surface area contributed by atoms with E-state index in [0.717, 1.165) is 12.8 Å². The predicted octanol–water partition coefficient (Wildman–Crippen LogP) is 1.92. The molecule has 3 heteroatoms. The van der Waals surface area contributed by atoms with Crippen molar-refractivity contribution >= 4 is 10.8 Å². The quantitative estimate of drug-likeness (QED) is 0.718. The molecule has 1 N–H and O–H groups in total. The fourth-order valence-electron chi connectivity index (χ4n) is 1.27. The van der Waals surface area contributed by atoms with Gasteiger partial charge in [-0.3, -0.25) is 4.21 Å². The van der Waals surface area contributed by atoms with Gasteiger partial charge in [-0.1, -0.05) is 20.8 Å². The van der Waals surface area contributed by atoms with Crippen molar-refractivity contribution in [3.05, 3.63) is 0 Å². The van der Waals surface area contributed by atoms with Crippen LogP contribution in [-0.4, -0.2) is 27.8 Å². The normalized spacial score (nSPS) is 20.7. The van der Waals surface area contributed by atoms with Crippen LogP contribution in [0.3, 0.4) is 0 Å². The first-order chi connectivity index (χ1) is 6.02. The number of nitrogens with one attached hydrogen (secondary N) is 1. The van der Waals surface area contributed by atoms with Crippen molar-refractivity contribution < 1.29 is 4.21 Å². The molecule has 0 rings (SSSR count). The van der Waals surface area contributed by atoms with Crippen LogP contribution in [0.1, 0.15) is 40.5 Å². The van der Waals surface area contributed by atoms with Gasteiger partial charge in [-0.2, -0.15) is 0 Å². The van der Waals surface area contributed by atoms with Crippen molar-refractivity contribution in [3.63, 3.8) is 0 Å². The van der Waals surface area contributed by atoms with Crippen LogP contribution >= 0.6 is 0 Å². The summed E-state index contributed by atoms with van der Waals surface area (Å²) in [5, 5.41) is 3.81. The smallest absolute Gasteiger partial charge is 0.0337 e. The number of rotatable bonds is 6. The van der Waals surface area contributed by atoms with E-state index >= 15 is 0 Å². The second-order valence-electron chi connectivity index (χ2n) is 3.78. The molecular weight excluding hydrogens is 182 g/mol. The molecular formula is C10H23NOS. The highest BCUT2D eigenvalue weighted by Crippen LogP contribution is 2.11. The van der Waals surface area contributed by atoms with E-state index in [0.29, 0.717) is 16.5 Å². The Balaban J connectivity index is 3.95. The van der Waals surface area contributed by atoms with Gasteiger partial charge in [-0.15, -0.1) is 0 Å². The summed E-state index contributed by atoms with van der Waals surface area (Å²) in [7, 11) is 1.28. The summed E-state index contributed by atoms with van der Waals surface area (Å²) in [5.41, 5.74) is 0. The lowest BCUT2D eigenvalue weighted by Crippen LogP contribution is -2.30. The largest absolute Gasteiger partial charge is 0.317 e. The Bertz CT molecular complexity index is 161. The summed E-state index contributed by atoms with van der Waals surface area (Å²) < 4.78 is 11.8. The van der Waals surface area contributed by atoms with E-state index in [2.05, 4.69) is 33.0 Å². The standard InChI is InChI=1S/C10H23NOS/c1-6-9(3)13(12)10(4)7-8(2)11-5/h8-11H,6-7H2,1-5H3. The summed E-state index contributed by atoms with van der Waals surface area (Å²) in [6.07, 6.45) is 2.00. The monoisotopic (exact) mass is 205 g/mol. The molecule has 0 aromatic rings. The van der Waals surface area contributed by atoms with Crippen LogP contribution in [-0.2, 0) is 10.8 Å². The van der Waals surface area contributed by atoms with Crippen molar-refractivity contribution in [2.24, 2.45) is 0 Å². The molecule has 0 aliphatic heterocycles. The molecule has 0 radical (unpaired) electrons. The molecule has 0 heterocycles. The topological polar surface area (TPSA) is 29.1 Å². The van der Waals surface area contributed by atoms with Gasteiger partial charge in [-0.25, -0.2) is 0 Å². The summed E-state index contributed by atoms with van der Waals surface area (Å²) in [6.45, 7) is 8.37. The minimum Gasteiger partial charge on any atom is -0.317 e. The lowest BCUT2D eigenvalue weighted by molar-refractivity contribution is 0.552. The van der Waals surface area contributed by atoms with Crippen LogP contribution in [0.4, 0.5) is 0 Å². The first-order valence-electron chi connectivity index (χ1n) is 5.09. The minimum absolute atomic E-state index is 0.303. The molecule has 0 bridgehead atoms. The van der Waals surface area contributed by atoms with Crippen molar-refractivity contribution in [2.75, 3.05) is 7.05 Å². The maximum atomic E-state index is 11.8. The van der Waals surface area contributed by atoms with Gasteiger partial charge >= 0.3 is 0 Å². The van der Waals surface area contributed by atoms with Gasteiger partial charge in [0, 0.05) is 27.3 Å². The molecule has 0 saturated carbocycles. The van der Waals surface area contributed by atoms with Gasteiger partial charge in [-0.05, 0) is 26.8 Å². The summed E-state index contributed by atoms with van der Waals surface area (Å²) in [6, 6.07) is 0.461. The second-order valence-corrected chi connectivity index (χ2v) is 6.05. The fraction of sp³-hybridized carbons (Fsp3) is 1.00. The van der Waals surface area contributed by atoms with E-state index in [4.69, 9.17) is 0 Å². The van der Waals surface area contributed by atoms with E-state index < -0.39 is 10.8 Å². The Hall–Kier alpha value is 0.110. The van der Waals surface area contributed by atoms with Gasteiger partial charge in [0.05, 0.1) is 0 Å². The third-order valence-corrected chi connectivity index (χ3v) is 4.66. The molecule has 0 saturated heterocycles. The first kappa shape index (κ1) is 13.1. The molecule has 0 aromatic carbocycles. The molecule has 0 aromatic heterocycles. The van der Waals surface area contributed by atoms with E-state index in [9.17, 15) is 4.21 Å². The second kappa shape index (κ2) is 6.55. The Labute approximate surface area is 84.9 Å². The maximum Gasteiger partial charge on any atom is 0.0337 e. The Morgan fingerprint density at radius 3 is 2.15 bits per heavy atom. The van der Waals surface area contributed by atoms with E-state index in [1.807, 2.05) is 7.05 Å². The zero-order valence-corrected chi connectivity index (χ0v) is 10.3. The molecule has 0 aliphatic carbocycles. The van der Waals surface area contributed by atoms with Gasteiger partial charge < -0.3 is 5.32 Å². The van der Waals surface area contributed by atoms with Crippen LogP contribution in [0.15, 0.2) is 0 Å². The first-order valence-corrected chi connectivity index (χ1v) is 6.37. The van der Waals surface area contributed by atoms with Gasteiger partial charge in [0.1, 0.15) is 0 Å². The number of hydrogen-bond acceptors (Lipinski definition) is 2. The van der Waals surface area contributed by atoms with E-state index in [1.54, 1.807) is 0 Å². The van der Waals surface area contributed by atoms with Crippen LogP contribution in [0.5, 0.6) is 0 Å². The van der Waals surface area contributed by atoms with Crippen LogP contribution in [0.25, 0.3) is 0 Å². The lowest BCUT2D eigenvalue weighted by atomic mass is 10.2.